The zero-order valence-electron chi connectivity index (χ0n) is 14.1. The molecule has 4 nitrogen and oxygen atoms in total. The van der Waals surface area contributed by atoms with E-state index < -0.39 is 0 Å². The zero-order chi connectivity index (χ0) is 16.5. The molecule has 4 heteroatoms. The number of carbonyl (C=O) groups excluding carboxylic acids is 1. The maximum Gasteiger partial charge on any atom is 0.269 e. The molecule has 1 aliphatic carbocycles. The summed E-state index contributed by atoms with van der Waals surface area (Å²) in [7, 11) is 1.64. The van der Waals surface area contributed by atoms with Crippen LogP contribution in [0.2, 0.25) is 0 Å². The molecule has 2 aromatic heterocycles. The molecule has 0 radical (unpaired) electrons. The Kier molecular flexibility index (Phi) is 3.97. The third-order valence-corrected chi connectivity index (χ3v) is 5.28. The first-order valence-corrected chi connectivity index (χ1v) is 8.87. The van der Waals surface area contributed by atoms with Crippen molar-refractivity contribution in [3.63, 3.8) is 0 Å². The molecule has 4 rings (SSSR count). The molecule has 1 aromatic carbocycles. The van der Waals surface area contributed by atoms with Crippen molar-refractivity contribution in [2.75, 3.05) is 7.05 Å². The molecule has 2 heterocycles. The van der Waals surface area contributed by atoms with Gasteiger partial charge in [-0.3, -0.25) is 4.79 Å². The molecular formula is C20H23N3O. The number of amides is 1. The lowest BCUT2D eigenvalue weighted by Crippen LogP contribution is -2.19. The molecule has 1 amide bonds. The van der Waals surface area contributed by atoms with Crippen molar-refractivity contribution in [1.82, 2.24) is 14.9 Å². The van der Waals surface area contributed by atoms with Gasteiger partial charge in [0.2, 0.25) is 0 Å². The van der Waals surface area contributed by atoms with Crippen molar-refractivity contribution < 1.29 is 4.79 Å². The summed E-state index contributed by atoms with van der Waals surface area (Å²) in [6.07, 6.45) is 8.57. The first-order chi connectivity index (χ1) is 11.8. The first kappa shape index (κ1) is 15.2. The molecule has 124 valence electrons. The summed E-state index contributed by atoms with van der Waals surface area (Å²) in [4.78, 5) is 16.3. The van der Waals surface area contributed by atoms with Gasteiger partial charge < -0.3 is 9.88 Å². The molecule has 3 aromatic rings. The van der Waals surface area contributed by atoms with Crippen molar-refractivity contribution in [1.29, 1.82) is 0 Å². The largest absolute Gasteiger partial charge is 0.354 e. The molecule has 0 atom stereocenters. The topological polar surface area (TPSA) is 46.9 Å². The van der Waals surface area contributed by atoms with E-state index >= 15 is 0 Å². The molecule has 1 N–H and O–H groups in total. The molecule has 1 aliphatic rings. The summed E-state index contributed by atoms with van der Waals surface area (Å²) in [5.74, 6) is 0.609. The number of hydrogen-bond donors (Lipinski definition) is 1. The standard InChI is InChI=1S/C20H23N3O/c1-21-20(24)17-11-16-15-9-5-6-10-18(15)23(19(16)12-22-17)13-14-7-3-2-4-8-14/h5-6,9-12,14H,2-4,7-8,13H2,1H3,(H,21,24). The summed E-state index contributed by atoms with van der Waals surface area (Å²) in [5, 5.41) is 4.98. The molecule has 0 aliphatic heterocycles. The van der Waals surface area contributed by atoms with Gasteiger partial charge in [-0.05, 0) is 30.9 Å². The molecule has 0 bridgehead atoms. The van der Waals surface area contributed by atoms with E-state index in [0.717, 1.165) is 23.4 Å². The van der Waals surface area contributed by atoms with Gasteiger partial charge in [-0.15, -0.1) is 0 Å². The minimum absolute atomic E-state index is 0.138. The van der Waals surface area contributed by atoms with E-state index in [1.807, 2.05) is 12.3 Å². The number of hydrogen-bond acceptors (Lipinski definition) is 2. The zero-order valence-corrected chi connectivity index (χ0v) is 14.1. The highest BCUT2D eigenvalue weighted by atomic mass is 16.1. The summed E-state index contributed by atoms with van der Waals surface area (Å²) < 4.78 is 2.40. The Hall–Kier alpha value is -2.36. The molecule has 1 saturated carbocycles. The Morgan fingerprint density at radius 3 is 2.75 bits per heavy atom. The predicted molar refractivity (Wildman–Crippen MR) is 97.2 cm³/mol. The first-order valence-electron chi connectivity index (χ1n) is 8.87. The van der Waals surface area contributed by atoms with Gasteiger partial charge >= 0.3 is 0 Å². The van der Waals surface area contributed by atoms with Gasteiger partial charge in [0, 0.05) is 29.9 Å². The number of nitrogens with zero attached hydrogens (tertiary/aromatic N) is 2. The lowest BCUT2D eigenvalue weighted by Gasteiger charge is -2.23. The van der Waals surface area contributed by atoms with Gasteiger partial charge in [0.05, 0.1) is 11.7 Å². The number of nitrogens with one attached hydrogen (secondary N) is 1. The van der Waals surface area contributed by atoms with Crippen LogP contribution in [0, 0.1) is 5.92 Å². The van der Waals surface area contributed by atoms with Crippen LogP contribution >= 0.6 is 0 Å². The molecule has 0 saturated heterocycles. The van der Waals surface area contributed by atoms with Gasteiger partial charge in [0.1, 0.15) is 5.69 Å². The highest BCUT2D eigenvalue weighted by Crippen LogP contribution is 2.32. The van der Waals surface area contributed by atoms with Crippen LogP contribution in [-0.2, 0) is 6.54 Å². The molecular weight excluding hydrogens is 298 g/mol. The fraction of sp³-hybridized carbons (Fsp3) is 0.400. The van der Waals surface area contributed by atoms with Crippen molar-refractivity contribution in [2.45, 2.75) is 38.6 Å². The highest BCUT2D eigenvalue weighted by Gasteiger charge is 2.18. The van der Waals surface area contributed by atoms with E-state index in [2.05, 4.69) is 39.1 Å². The molecule has 24 heavy (non-hydrogen) atoms. The number of rotatable bonds is 3. The van der Waals surface area contributed by atoms with E-state index in [9.17, 15) is 4.79 Å². The SMILES string of the molecule is CNC(=O)c1cc2c3ccccc3n(CC3CCCCC3)c2cn1. The Morgan fingerprint density at radius 1 is 1.17 bits per heavy atom. The fourth-order valence-electron chi connectivity index (χ4n) is 4.02. The number of carbonyl (C=O) groups is 1. The van der Waals surface area contributed by atoms with Crippen LogP contribution in [0.1, 0.15) is 42.6 Å². The summed E-state index contributed by atoms with van der Waals surface area (Å²) in [6, 6.07) is 10.4. The normalized spacial score (nSPS) is 15.9. The van der Waals surface area contributed by atoms with Crippen molar-refractivity contribution >= 4 is 27.7 Å². The smallest absolute Gasteiger partial charge is 0.269 e. The summed E-state index contributed by atoms with van der Waals surface area (Å²) >= 11 is 0. The highest BCUT2D eigenvalue weighted by molar-refractivity contribution is 6.09. The average Bonchev–Trinajstić information content (AvgIpc) is 2.95. The van der Waals surface area contributed by atoms with Gasteiger partial charge in [-0.25, -0.2) is 4.98 Å². The Balaban J connectivity index is 1.85. The van der Waals surface area contributed by atoms with Crippen LogP contribution in [-0.4, -0.2) is 22.5 Å². The van der Waals surface area contributed by atoms with Crippen molar-refractivity contribution in [3.05, 3.63) is 42.2 Å². The Morgan fingerprint density at radius 2 is 1.96 bits per heavy atom. The Bertz CT molecular complexity index is 890. The number of aromatic nitrogens is 2. The van der Waals surface area contributed by atoms with Crippen LogP contribution in [0.4, 0.5) is 0 Å². The van der Waals surface area contributed by atoms with E-state index in [1.165, 1.54) is 43.0 Å². The van der Waals surface area contributed by atoms with Crippen molar-refractivity contribution in [3.8, 4) is 0 Å². The van der Waals surface area contributed by atoms with Gasteiger partial charge in [0.15, 0.2) is 0 Å². The van der Waals surface area contributed by atoms with Crippen LogP contribution in [0.3, 0.4) is 0 Å². The van der Waals surface area contributed by atoms with Crippen molar-refractivity contribution in [2.24, 2.45) is 5.92 Å². The number of benzene rings is 1. The fourth-order valence-corrected chi connectivity index (χ4v) is 4.02. The second kappa shape index (κ2) is 6.27. The maximum absolute atomic E-state index is 11.9. The number of para-hydroxylation sites is 1. The molecule has 0 unspecified atom stereocenters. The van der Waals surface area contributed by atoms with E-state index in [1.54, 1.807) is 7.05 Å². The predicted octanol–water partition coefficient (Wildman–Crippen LogP) is 4.13. The summed E-state index contributed by atoms with van der Waals surface area (Å²) in [5.41, 5.74) is 2.86. The van der Waals surface area contributed by atoms with Gasteiger partial charge in [-0.2, -0.15) is 0 Å². The lowest BCUT2D eigenvalue weighted by atomic mass is 9.89. The third kappa shape index (κ3) is 2.56. The van der Waals surface area contributed by atoms with Crippen LogP contribution in [0.5, 0.6) is 0 Å². The second-order valence-electron chi connectivity index (χ2n) is 6.80. The minimum atomic E-state index is -0.138. The average molecular weight is 321 g/mol. The maximum atomic E-state index is 11.9. The van der Waals surface area contributed by atoms with Crippen LogP contribution < -0.4 is 5.32 Å². The number of fused-ring (bicyclic) bond motifs is 3. The van der Waals surface area contributed by atoms with Crippen LogP contribution in [0.15, 0.2) is 36.5 Å². The van der Waals surface area contributed by atoms with E-state index in [0.29, 0.717) is 5.69 Å². The van der Waals surface area contributed by atoms with Gasteiger partial charge in [-0.1, -0.05) is 37.5 Å². The molecule has 1 fully saturated rings. The quantitative estimate of drug-likeness (QED) is 0.788. The monoisotopic (exact) mass is 321 g/mol. The minimum Gasteiger partial charge on any atom is -0.354 e. The number of pyridine rings is 1. The third-order valence-electron chi connectivity index (χ3n) is 5.28. The van der Waals surface area contributed by atoms with E-state index in [4.69, 9.17) is 0 Å². The van der Waals surface area contributed by atoms with Crippen LogP contribution in [0.25, 0.3) is 21.8 Å². The lowest BCUT2D eigenvalue weighted by molar-refractivity contribution is 0.0958. The second-order valence-corrected chi connectivity index (χ2v) is 6.80. The Labute approximate surface area is 141 Å². The molecule has 0 spiro atoms. The van der Waals surface area contributed by atoms with E-state index in [-0.39, 0.29) is 5.91 Å². The summed E-state index contributed by atoms with van der Waals surface area (Å²) in [6.45, 7) is 1.05. The van der Waals surface area contributed by atoms with Gasteiger partial charge in [0.25, 0.3) is 5.91 Å².